The zero-order chi connectivity index (χ0) is 36.9. The lowest BCUT2D eigenvalue weighted by Crippen LogP contribution is -2.28. The normalized spacial score (nSPS) is 18.3. The molecule has 0 amide bonds. The molecule has 4 aliphatic heterocycles. The zero-order valence-electron chi connectivity index (χ0n) is 30.3. The molecule has 1 N–H and O–H groups in total. The Labute approximate surface area is 336 Å². The Morgan fingerprint density at radius 2 is 1.45 bits per heavy atom. The molecule has 274 valence electrons. The van der Waals surface area contributed by atoms with Crippen molar-refractivity contribution in [2.75, 3.05) is 31.1 Å². The number of carboxylic acids is 1. The SMILES string of the molecule is O=C(O)c1ccccc1C1=c2cc/c(=c3/cc/c(=C4\C=CC(=[N+]5CCCCC5)S4)s3)cc2Oc2cc(-c3ccc(-c4ccc(N5CCCCC5)s4)s3)ccc21. The first kappa shape index (κ1) is 34.8. The molecule has 2 saturated heterocycles. The van der Waals surface area contributed by atoms with Crippen molar-refractivity contribution in [3.05, 3.63) is 145 Å². The van der Waals surface area contributed by atoms with E-state index in [9.17, 15) is 9.90 Å². The van der Waals surface area contributed by atoms with Crippen LogP contribution in [0.3, 0.4) is 0 Å². The van der Waals surface area contributed by atoms with Crippen molar-refractivity contribution in [1.82, 2.24) is 0 Å². The summed E-state index contributed by atoms with van der Waals surface area (Å²) >= 11 is 7.37. The summed E-state index contributed by atoms with van der Waals surface area (Å²) in [6, 6.07) is 33.4. The number of rotatable bonds is 5. The number of hydrogen-bond acceptors (Lipinski definition) is 7. The number of carbonyl (C=O) groups is 1. The van der Waals surface area contributed by atoms with E-state index in [4.69, 9.17) is 4.74 Å². The highest BCUT2D eigenvalue weighted by Crippen LogP contribution is 2.44. The van der Waals surface area contributed by atoms with Crippen molar-refractivity contribution in [3.8, 4) is 31.7 Å². The number of thioether (sulfide) groups is 1. The van der Waals surface area contributed by atoms with Crippen LogP contribution in [0.4, 0.5) is 5.00 Å². The molecule has 0 radical (unpaired) electrons. The number of anilines is 1. The van der Waals surface area contributed by atoms with Crippen molar-refractivity contribution in [3.63, 3.8) is 0 Å². The number of aromatic carboxylic acids is 1. The van der Waals surface area contributed by atoms with Gasteiger partial charge in [0.1, 0.15) is 24.6 Å². The van der Waals surface area contributed by atoms with Crippen LogP contribution in [0.2, 0.25) is 0 Å². The minimum absolute atomic E-state index is 0.273. The maximum atomic E-state index is 12.5. The summed E-state index contributed by atoms with van der Waals surface area (Å²) in [5, 5.41) is 15.0. The lowest BCUT2D eigenvalue weighted by atomic mass is 9.89. The van der Waals surface area contributed by atoms with E-state index in [2.05, 4.69) is 94.4 Å². The summed E-state index contributed by atoms with van der Waals surface area (Å²) in [7, 11) is 0. The predicted molar refractivity (Wildman–Crippen MR) is 231 cm³/mol. The lowest BCUT2D eigenvalue weighted by molar-refractivity contribution is -0.534. The van der Waals surface area contributed by atoms with E-state index in [-0.39, 0.29) is 5.56 Å². The number of ether oxygens (including phenoxy) is 1. The Hall–Kier alpha value is -4.67. The standard InChI is InChI=1S/C46H38N2O3S4/c49-46(50)32-10-4-3-9-31(32)45-33-13-11-29(37-15-17-39(52-37)41-19-21-43(54-41)47-23-5-1-6-24-47)27-35(33)51-36-28-30(12-14-34(36)45)38-16-18-40(53-38)42-20-22-44(55-42)48-25-7-2-8-26-48/h3-4,9-22,27-28H,1-2,5-8,23-26H2/p+1. The molecule has 0 unspecified atom stereocenters. The van der Waals surface area contributed by atoms with Gasteiger partial charge in [-0.15, -0.1) is 34.0 Å². The second-order valence-electron chi connectivity index (χ2n) is 14.4. The maximum Gasteiger partial charge on any atom is 0.336 e. The molecular formula is C46H39N2O3S4+. The molecule has 4 aliphatic rings. The van der Waals surface area contributed by atoms with Gasteiger partial charge < -0.3 is 14.7 Å². The molecule has 0 aliphatic carbocycles. The third-order valence-electron chi connectivity index (χ3n) is 10.9. The molecule has 7 heterocycles. The molecule has 3 aromatic carbocycles. The predicted octanol–water partition coefficient (Wildman–Crippen LogP) is 10.5. The number of nitrogens with zero attached hydrogens (tertiary/aromatic N) is 2. The molecule has 10 rings (SSSR count). The van der Waals surface area contributed by atoms with Crippen LogP contribution in [0.15, 0.2) is 109 Å². The molecule has 6 aromatic rings. The summed E-state index contributed by atoms with van der Waals surface area (Å²) in [6.45, 7) is 4.59. The molecule has 0 bridgehead atoms. The Morgan fingerprint density at radius 3 is 2.33 bits per heavy atom. The number of hydrogen-bond donors (Lipinski definition) is 1. The molecule has 0 spiro atoms. The highest BCUT2D eigenvalue weighted by Gasteiger charge is 2.25. The molecule has 5 nitrogen and oxygen atoms in total. The first-order valence-electron chi connectivity index (χ1n) is 19.1. The van der Waals surface area contributed by atoms with E-state index in [0.717, 1.165) is 64.8 Å². The number of piperidine rings is 2. The lowest BCUT2D eigenvalue weighted by Gasteiger charge is -2.27. The molecule has 9 heteroatoms. The Balaban J connectivity index is 1.05. The third-order valence-corrected chi connectivity index (χ3v) is 15.9. The highest BCUT2D eigenvalue weighted by atomic mass is 32.2. The summed E-state index contributed by atoms with van der Waals surface area (Å²) < 4.78 is 11.8. The van der Waals surface area contributed by atoms with Gasteiger partial charge in [0.15, 0.2) is 0 Å². The largest absolute Gasteiger partial charge is 0.478 e. The maximum absolute atomic E-state index is 12.5. The second-order valence-corrected chi connectivity index (χ2v) is 18.7. The van der Waals surface area contributed by atoms with Crippen LogP contribution in [-0.2, 0) is 0 Å². The number of fused-ring (bicyclic) bond motifs is 2. The molecule has 0 saturated carbocycles. The summed E-state index contributed by atoms with van der Waals surface area (Å²) in [5.41, 5.74) is 3.80. The van der Waals surface area contributed by atoms with Crippen LogP contribution in [0, 0.1) is 9.75 Å². The molecular weight excluding hydrogens is 757 g/mol. The van der Waals surface area contributed by atoms with Gasteiger partial charge in [0.2, 0.25) is 5.04 Å². The van der Waals surface area contributed by atoms with Crippen molar-refractivity contribution in [1.29, 1.82) is 0 Å². The monoisotopic (exact) mass is 795 g/mol. The highest BCUT2D eigenvalue weighted by molar-refractivity contribution is 8.22. The van der Waals surface area contributed by atoms with Crippen LogP contribution >= 0.6 is 45.8 Å². The van der Waals surface area contributed by atoms with Gasteiger partial charge in [-0.2, -0.15) is 0 Å². The van der Waals surface area contributed by atoms with Crippen molar-refractivity contribution < 1.29 is 19.2 Å². The summed E-state index contributed by atoms with van der Waals surface area (Å²) in [6.07, 6.45) is 12.3. The number of thiophene rings is 3. The quantitative estimate of drug-likeness (QED) is 0.176. The minimum atomic E-state index is -0.947. The molecule has 2 fully saturated rings. The van der Waals surface area contributed by atoms with Crippen LogP contribution in [0.5, 0.6) is 11.5 Å². The zero-order valence-corrected chi connectivity index (χ0v) is 33.5. The van der Waals surface area contributed by atoms with Gasteiger partial charge in [0.05, 0.1) is 10.6 Å². The smallest absolute Gasteiger partial charge is 0.336 e. The fourth-order valence-electron chi connectivity index (χ4n) is 8.11. The van der Waals surface area contributed by atoms with Crippen molar-refractivity contribution >= 4 is 72.3 Å². The van der Waals surface area contributed by atoms with Crippen LogP contribution in [0.25, 0.3) is 30.7 Å². The fraction of sp³-hybridized carbons (Fsp3) is 0.217. The molecule has 0 atom stereocenters. The Morgan fingerprint density at radius 1 is 0.673 bits per heavy atom. The van der Waals surface area contributed by atoms with Crippen molar-refractivity contribution in [2.45, 2.75) is 38.5 Å². The van der Waals surface area contributed by atoms with E-state index >= 15 is 0 Å². The van der Waals surface area contributed by atoms with Crippen LogP contribution in [-0.4, -0.2) is 46.9 Å². The first-order valence-corrected chi connectivity index (χ1v) is 22.4. The van der Waals surface area contributed by atoms with Gasteiger partial charge in [0, 0.05) is 77.0 Å². The topological polar surface area (TPSA) is 52.8 Å². The third kappa shape index (κ3) is 6.71. The average Bonchev–Trinajstić information content (AvgIpc) is 4.07. The number of carboxylic acid groups (broad SMARTS) is 1. The fourth-order valence-corrected chi connectivity index (χ4v) is 12.4. The van der Waals surface area contributed by atoms with E-state index in [1.54, 1.807) is 34.8 Å². The Bertz CT molecular complexity index is 2770. The molecule has 55 heavy (non-hydrogen) atoms. The molecule has 3 aromatic heterocycles. The van der Waals surface area contributed by atoms with Gasteiger partial charge in [-0.25, -0.2) is 9.37 Å². The van der Waals surface area contributed by atoms with E-state index in [0.29, 0.717) is 5.56 Å². The second kappa shape index (κ2) is 14.8. The first-order chi connectivity index (χ1) is 27.1. The van der Waals surface area contributed by atoms with Crippen LogP contribution in [0.1, 0.15) is 60.0 Å². The van der Waals surface area contributed by atoms with Crippen LogP contribution < -0.4 is 19.4 Å². The van der Waals surface area contributed by atoms with Gasteiger partial charge in [-0.1, -0.05) is 30.3 Å². The van der Waals surface area contributed by atoms with Gasteiger partial charge >= 0.3 is 5.97 Å². The summed E-state index contributed by atoms with van der Waals surface area (Å²) in [4.78, 5) is 20.1. The minimum Gasteiger partial charge on any atom is -0.478 e. The van der Waals surface area contributed by atoms with Gasteiger partial charge in [-0.3, -0.25) is 0 Å². The van der Waals surface area contributed by atoms with E-state index in [1.807, 2.05) is 35.2 Å². The van der Waals surface area contributed by atoms with E-state index in [1.165, 1.54) is 77.2 Å². The van der Waals surface area contributed by atoms with Gasteiger partial charge in [-0.05, 0) is 127 Å². The van der Waals surface area contributed by atoms with E-state index < -0.39 is 5.97 Å². The van der Waals surface area contributed by atoms with Crippen molar-refractivity contribution in [2.24, 2.45) is 0 Å². The number of benzene rings is 3. The average molecular weight is 796 g/mol. The Kier molecular flexibility index (Phi) is 9.34. The van der Waals surface area contributed by atoms with Gasteiger partial charge in [0.25, 0.3) is 0 Å². The summed E-state index contributed by atoms with van der Waals surface area (Å²) in [5.74, 6) is 0.509.